The minimum Gasteiger partial charge on any atom is -0.388 e. The van der Waals surface area contributed by atoms with E-state index in [-0.39, 0.29) is 11.3 Å². The Hall–Kier alpha value is -2.39. The number of nitrogens with zero attached hydrogens (tertiary/aromatic N) is 1. The van der Waals surface area contributed by atoms with E-state index in [1.807, 2.05) is 6.92 Å². The lowest BCUT2D eigenvalue weighted by Gasteiger charge is -2.38. The molecule has 1 aromatic carbocycles. The van der Waals surface area contributed by atoms with Gasteiger partial charge in [-0.15, -0.1) is 0 Å². The summed E-state index contributed by atoms with van der Waals surface area (Å²) in [5, 5.41) is 15.7. The molecule has 1 saturated carbocycles. The second-order valence-electron chi connectivity index (χ2n) is 7.92. The summed E-state index contributed by atoms with van der Waals surface area (Å²) in [5.41, 5.74) is -0.109. The van der Waals surface area contributed by atoms with Crippen molar-refractivity contribution in [3.05, 3.63) is 42.2 Å². The van der Waals surface area contributed by atoms with E-state index in [0.29, 0.717) is 12.8 Å². The van der Waals surface area contributed by atoms with Gasteiger partial charge < -0.3 is 15.7 Å². The molecule has 2 amide bonds. The van der Waals surface area contributed by atoms with Crippen molar-refractivity contribution in [2.75, 3.05) is 0 Å². The van der Waals surface area contributed by atoms with Crippen molar-refractivity contribution in [3.8, 4) is 0 Å². The Morgan fingerprint density at radius 1 is 1.31 bits per heavy atom. The molecule has 8 nitrogen and oxygen atoms in total. The fourth-order valence-corrected chi connectivity index (χ4v) is 5.19. The van der Waals surface area contributed by atoms with E-state index in [0.717, 1.165) is 22.7 Å². The molecule has 1 aromatic rings. The molecule has 2 aliphatic rings. The molecule has 0 spiro atoms. The standard InChI is InChI=1S/C20H27N3O5S/c1-14-6-8-15(9-7-14)29(27,28)23-12-11-21-19(25)16(23)13-18(24)22-17-5-3-4-10-20(17,2)26/h6-9,11-12,16-17,26H,3-5,10,13H2,1-2H3,(H,21,25)(H,22,24)/t16-,17?,20?/m1/s1. The average molecular weight is 422 g/mol. The van der Waals surface area contributed by atoms with Crippen molar-refractivity contribution in [3.63, 3.8) is 0 Å². The Kier molecular flexibility index (Phi) is 6.00. The summed E-state index contributed by atoms with van der Waals surface area (Å²) in [6, 6.07) is 4.66. The molecule has 9 heteroatoms. The summed E-state index contributed by atoms with van der Waals surface area (Å²) in [4.78, 5) is 25.1. The normalized spacial score (nSPS) is 27.4. The van der Waals surface area contributed by atoms with Crippen molar-refractivity contribution < 1.29 is 23.1 Å². The number of aryl methyl sites for hydroxylation is 1. The van der Waals surface area contributed by atoms with Crippen LogP contribution >= 0.6 is 0 Å². The van der Waals surface area contributed by atoms with Crippen LogP contribution in [0, 0.1) is 6.92 Å². The van der Waals surface area contributed by atoms with Crippen LogP contribution < -0.4 is 10.6 Å². The third-order valence-corrected chi connectivity index (χ3v) is 7.34. The van der Waals surface area contributed by atoms with Crippen LogP contribution in [-0.4, -0.2) is 47.3 Å². The number of aliphatic hydroxyl groups is 1. The van der Waals surface area contributed by atoms with Crippen molar-refractivity contribution in [2.45, 2.75) is 68.5 Å². The van der Waals surface area contributed by atoms with E-state index < -0.39 is 39.5 Å². The van der Waals surface area contributed by atoms with Gasteiger partial charge in [-0.05, 0) is 38.8 Å². The lowest BCUT2D eigenvalue weighted by Crippen LogP contribution is -2.55. The SMILES string of the molecule is Cc1ccc(S(=O)(=O)N2C=CNC(=O)[C@H]2CC(=O)NC2CCCCC2(C)O)cc1. The maximum absolute atomic E-state index is 13.1. The Morgan fingerprint density at radius 2 is 2.00 bits per heavy atom. The molecule has 0 radical (unpaired) electrons. The molecule has 3 N–H and O–H groups in total. The van der Waals surface area contributed by atoms with Gasteiger partial charge in [-0.3, -0.25) is 13.9 Å². The van der Waals surface area contributed by atoms with Gasteiger partial charge in [-0.1, -0.05) is 30.5 Å². The van der Waals surface area contributed by atoms with Crippen molar-refractivity contribution in [1.29, 1.82) is 0 Å². The van der Waals surface area contributed by atoms with E-state index in [1.54, 1.807) is 19.1 Å². The quantitative estimate of drug-likeness (QED) is 0.660. The molecule has 1 aliphatic heterocycles. The predicted molar refractivity (Wildman–Crippen MR) is 107 cm³/mol. The summed E-state index contributed by atoms with van der Waals surface area (Å²) in [7, 11) is -4.01. The summed E-state index contributed by atoms with van der Waals surface area (Å²) in [5.74, 6) is -1.05. The number of hydrogen-bond acceptors (Lipinski definition) is 5. The monoisotopic (exact) mass is 421 g/mol. The van der Waals surface area contributed by atoms with Gasteiger partial charge >= 0.3 is 0 Å². The van der Waals surface area contributed by atoms with Crippen LogP contribution in [0.25, 0.3) is 0 Å². The van der Waals surface area contributed by atoms with Crippen LogP contribution in [0.5, 0.6) is 0 Å². The lowest BCUT2D eigenvalue weighted by molar-refractivity contribution is -0.131. The van der Waals surface area contributed by atoms with Gasteiger partial charge in [0.2, 0.25) is 11.8 Å². The molecular weight excluding hydrogens is 394 g/mol. The van der Waals surface area contributed by atoms with E-state index >= 15 is 0 Å². The average Bonchev–Trinajstić information content (AvgIpc) is 2.65. The predicted octanol–water partition coefficient (Wildman–Crippen LogP) is 1.16. The highest BCUT2D eigenvalue weighted by atomic mass is 32.2. The minimum absolute atomic E-state index is 0.0445. The maximum atomic E-state index is 13.1. The molecule has 0 bridgehead atoms. The van der Waals surface area contributed by atoms with E-state index in [4.69, 9.17) is 0 Å². The van der Waals surface area contributed by atoms with Crippen molar-refractivity contribution >= 4 is 21.8 Å². The van der Waals surface area contributed by atoms with E-state index in [9.17, 15) is 23.1 Å². The molecule has 29 heavy (non-hydrogen) atoms. The number of amides is 2. The highest BCUT2D eigenvalue weighted by Gasteiger charge is 2.39. The molecule has 158 valence electrons. The van der Waals surface area contributed by atoms with Crippen molar-refractivity contribution in [1.82, 2.24) is 14.9 Å². The zero-order valence-corrected chi connectivity index (χ0v) is 17.4. The van der Waals surface area contributed by atoms with Crippen LogP contribution in [0.1, 0.15) is 44.6 Å². The van der Waals surface area contributed by atoms with Gasteiger partial charge in [-0.2, -0.15) is 0 Å². The molecule has 3 rings (SSSR count). The Labute approximate surface area is 171 Å². The minimum atomic E-state index is -4.01. The lowest BCUT2D eigenvalue weighted by atomic mass is 9.81. The zero-order valence-electron chi connectivity index (χ0n) is 16.6. The number of benzene rings is 1. The number of carbonyl (C=O) groups is 2. The number of rotatable bonds is 5. The zero-order chi connectivity index (χ0) is 21.2. The summed E-state index contributed by atoms with van der Waals surface area (Å²) >= 11 is 0. The van der Waals surface area contributed by atoms with Crippen LogP contribution in [0.4, 0.5) is 0 Å². The molecule has 1 aliphatic carbocycles. The number of hydrogen-bond donors (Lipinski definition) is 3. The van der Waals surface area contributed by atoms with Crippen LogP contribution in [-0.2, 0) is 19.6 Å². The highest BCUT2D eigenvalue weighted by molar-refractivity contribution is 7.89. The second kappa shape index (κ2) is 8.16. The second-order valence-corrected chi connectivity index (χ2v) is 9.76. The fraction of sp³-hybridized carbons (Fsp3) is 0.500. The largest absolute Gasteiger partial charge is 0.388 e. The van der Waals surface area contributed by atoms with Gasteiger partial charge in [0.15, 0.2) is 0 Å². The maximum Gasteiger partial charge on any atom is 0.264 e. The number of nitrogens with one attached hydrogen (secondary N) is 2. The molecule has 2 unspecified atom stereocenters. The first-order valence-electron chi connectivity index (χ1n) is 9.70. The van der Waals surface area contributed by atoms with E-state index in [1.165, 1.54) is 24.5 Å². The summed E-state index contributed by atoms with van der Waals surface area (Å²) in [6.07, 6.45) is 5.16. The van der Waals surface area contributed by atoms with Gasteiger partial charge in [0.25, 0.3) is 10.0 Å². The number of sulfonamides is 1. The van der Waals surface area contributed by atoms with E-state index in [2.05, 4.69) is 10.6 Å². The van der Waals surface area contributed by atoms with Crippen LogP contribution in [0.2, 0.25) is 0 Å². The molecular formula is C20H27N3O5S. The van der Waals surface area contributed by atoms with Gasteiger partial charge in [0.05, 0.1) is 23.0 Å². The first-order valence-corrected chi connectivity index (χ1v) is 11.1. The first-order chi connectivity index (χ1) is 13.6. The van der Waals surface area contributed by atoms with Crippen LogP contribution in [0.15, 0.2) is 41.6 Å². The third kappa shape index (κ3) is 4.62. The molecule has 0 saturated heterocycles. The molecule has 3 atom stereocenters. The summed E-state index contributed by atoms with van der Waals surface area (Å²) < 4.78 is 27.0. The van der Waals surface area contributed by atoms with Crippen molar-refractivity contribution in [2.24, 2.45) is 0 Å². The number of carbonyl (C=O) groups excluding carboxylic acids is 2. The van der Waals surface area contributed by atoms with Gasteiger partial charge in [-0.25, -0.2) is 8.42 Å². The Bertz CT molecular complexity index is 909. The smallest absolute Gasteiger partial charge is 0.264 e. The van der Waals surface area contributed by atoms with Crippen LogP contribution in [0.3, 0.4) is 0 Å². The van der Waals surface area contributed by atoms with Gasteiger partial charge in [0, 0.05) is 12.4 Å². The first kappa shape index (κ1) is 21.3. The van der Waals surface area contributed by atoms with Gasteiger partial charge in [0.1, 0.15) is 6.04 Å². The third-order valence-electron chi connectivity index (χ3n) is 5.54. The topological polar surface area (TPSA) is 116 Å². The molecule has 1 fully saturated rings. The Morgan fingerprint density at radius 3 is 2.66 bits per heavy atom. The Balaban J connectivity index is 1.79. The fourth-order valence-electron chi connectivity index (χ4n) is 3.74. The molecule has 0 aromatic heterocycles. The molecule has 1 heterocycles. The summed E-state index contributed by atoms with van der Waals surface area (Å²) in [6.45, 7) is 3.53. The highest BCUT2D eigenvalue weighted by Crippen LogP contribution is 2.28.